The fraction of sp³-hybridized carbons (Fsp3) is 0.844. The van der Waals surface area contributed by atoms with Crippen LogP contribution in [-0.4, -0.2) is 77.8 Å². The quantitative estimate of drug-likeness (QED) is 0.363. The molecule has 0 aromatic heterocycles. The van der Waals surface area contributed by atoms with Gasteiger partial charge in [0.25, 0.3) is 0 Å². The maximum Gasteiger partial charge on any atom is 0.331 e. The molecule has 6 rings (SSSR count). The van der Waals surface area contributed by atoms with E-state index in [1.54, 1.807) is 13.2 Å². The van der Waals surface area contributed by atoms with E-state index in [1.807, 2.05) is 6.92 Å². The molecule has 10 nitrogen and oxygen atoms in total. The Hall–Kier alpha value is -2.03. The van der Waals surface area contributed by atoms with Gasteiger partial charge in [0.05, 0.1) is 34.9 Å². The molecule has 4 saturated carbocycles. The number of rotatable bonds is 5. The van der Waals surface area contributed by atoms with Crippen LogP contribution in [0.1, 0.15) is 85.0 Å². The number of cyclic esters (lactones) is 1. The van der Waals surface area contributed by atoms with Crippen molar-refractivity contribution in [3.8, 4) is 6.07 Å². The molecule has 2 N–H and O–H groups in total. The summed E-state index contributed by atoms with van der Waals surface area (Å²) < 4.78 is 28.7. The molecule has 5 fully saturated rings. The van der Waals surface area contributed by atoms with Crippen molar-refractivity contribution in [1.82, 2.24) is 0 Å². The zero-order valence-electron chi connectivity index (χ0n) is 25.2. The van der Waals surface area contributed by atoms with E-state index in [4.69, 9.17) is 23.7 Å². The van der Waals surface area contributed by atoms with Gasteiger partial charge in [-0.1, -0.05) is 6.92 Å². The van der Waals surface area contributed by atoms with Gasteiger partial charge in [-0.3, -0.25) is 4.79 Å². The second-order valence-electron chi connectivity index (χ2n) is 14.0. The number of carbonyl (C=O) groups excluding carboxylic acids is 2. The zero-order chi connectivity index (χ0) is 30.1. The third-order valence-corrected chi connectivity index (χ3v) is 12.3. The van der Waals surface area contributed by atoms with Crippen molar-refractivity contribution in [2.24, 2.45) is 28.6 Å². The zero-order valence-corrected chi connectivity index (χ0v) is 25.2. The number of nitriles is 1. The molecule has 0 aromatic rings. The van der Waals surface area contributed by atoms with Gasteiger partial charge in [0, 0.05) is 38.4 Å². The highest BCUT2D eigenvalue weighted by Crippen LogP contribution is 2.70. The topological polar surface area (TPSA) is 145 Å². The van der Waals surface area contributed by atoms with E-state index in [2.05, 4.69) is 13.0 Å². The molecule has 42 heavy (non-hydrogen) atoms. The minimum absolute atomic E-state index is 0.0761. The fourth-order valence-electron chi connectivity index (χ4n) is 10.3. The second kappa shape index (κ2) is 10.6. The van der Waals surface area contributed by atoms with Crippen LogP contribution in [0.4, 0.5) is 0 Å². The summed E-state index contributed by atoms with van der Waals surface area (Å²) in [5, 5.41) is 35.4. The Morgan fingerprint density at radius 3 is 2.55 bits per heavy atom. The maximum atomic E-state index is 12.4. The number of hydrogen-bond acceptors (Lipinski definition) is 10. The molecular formula is C32H45NO9. The summed E-state index contributed by atoms with van der Waals surface area (Å²) in [6.45, 7) is 5.64. The Labute approximate surface area is 247 Å². The molecule has 0 aromatic carbocycles. The first-order chi connectivity index (χ1) is 19.9. The number of methoxy groups -OCH3 is 1. The van der Waals surface area contributed by atoms with E-state index < -0.39 is 46.5 Å². The van der Waals surface area contributed by atoms with Crippen LogP contribution in [0, 0.1) is 39.9 Å². The number of aliphatic hydroxyl groups is 2. The maximum absolute atomic E-state index is 12.4. The molecule has 232 valence electrons. The highest BCUT2D eigenvalue weighted by Gasteiger charge is 2.72. The summed E-state index contributed by atoms with van der Waals surface area (Å²) in [5.41, 5.74) is -2.59. The summed E-state index contributed by atoms with van der Waals surface area (Å²) in [5.74, 6) is -0.844. The summed E-state index contributed by atoms with van der Waals surface area (Å²) >= 11 is 0. The molecule has 0 bridgehead atoms. The van der Waals surface area contributed by atoms with Crippen LogP contribution in [0.25, 0.3) is 0 Å². The van der Waals surface area contributed by atoms with E-state index in [9.17, 15) is 25.1 Å². The van der Waals surface area contributed by atoms with E-state index >= 15 is 0 Å². The number of nitrogens with zero attached hydrogens (tertiary/aromatic N) is 1. The van der Waals surface area contributed by atoms with Crippen molar-refractivity contribution in [2.75, 3.05) is 13.7 Å². The molecule has 2 aliphatic heterocycles. The first-order valence-electron chi connectivity index (χ1n) is 15.6. The Kier molecular flexibility index (Phi) is 7.54. The Morgan fingerprint density at radius 2 is 1.88 bits per heavy atom. The van der Waals surface area contributed by atoms with Crippen LogP contribution >= 0.6 is 0 Å². The van der Waals surface area contributed by atoms with E-state index in [0.29, 0.717) is 51.6 Å². The van der Waals surface area contributed by atoms with Crippen molar-refractivity contribution in [1.29, 1.82) is 5.26 Å². The molecular weight excluding hydrogens is 542 g/mol. The van der Waals surface area contributed by atoms with E-state index in [0.717, 1.165) is 24.8 Å². The van der Waals surface area contributed by atoms with Gasteiger partial charge in [-0.15, -0.1) is 0 Å². The molecule has 0 spiro atoms. The summed E-state index contributed by atoms with van der Waals surface area (Å²) in [6.07, 6.45) is 5.16. The third kappa shape index (κ3) is 4.37. The predicted molar refractivity (Wildman–Crippen MR) is 147 cm³/mol. The minimum Gasteiger partial charge on any atom is -0.458 e. The SMILES string of the molecule is COC1CC(OC2CC[C@]3(C#N)C4CC[C@]5(C)[C@H](C6=CC(=O)OC6)CCC5(O)C4CCC3(O)C2)OC(C)C1OC(C)=O. The van der Waals surface area contributed by atoms with Crippen LogP contribution in [0.5, 0.6) is 0 Å². The van der Waals surface area contributed by atoms with Crippen molar-refractivity contribution in [3.63, 3.8) is 0 Å². The van der Waals surface area contributed by atoms with Crippen LogP contribution in [0.3, 0.4) is 0 Å². The lowest BCUT2D eigenvalue weighted by atomic mass is 9.41. The standard InChI is InChI=1S/C32H45NO9/c1-18-28(41-19(2)34)25(38-4)14-27(40-18)42-21-5-10-30(17-33)23-6-9-29(3)22(20-13-26(35)39-16-20)8-12-32(29,37)24(23)7-11-31(30,36)15-21/h13,18,21-25,27-28,36-37H,5-12,14-16H2,1-4H3/t18?,21?,22-,23?,24?,25?,27?,28?,29+,30-,31?,32?/m0/s1. The van der Waals surface area contributed by atoms with Gasteiger partial charge in [-0.25, -0.2) is 4.79 Å². The molecule has 0 radical (unpaired) electrons. The minimum atomic E-state index is -1.23. The second-order valence-corrected chi connectivity index (χ2v) is 14.0. The molecule has 12 atom stereocenters. The van der Waals surface area contributed by atoms with Crippen molar-refractivity contribution >= 4 is 11.9 Å². The lowest BCUT2D eigenvalue weighted by Crippen LogP contribution is -2.68. The molecule has 10 heteroatoms. The number of esters is 2. The summed E-state index contributed by atoms with van der Waals surface area (Å²) in [6, 6.07) is 2.62. The summed E-state index contributed by atoms with van der Waals surface area (Å²) in [7, 11) is 1.58. The Balaban J connectivity index is 1.18. The van der Waals surface area contributed by atoms with E-state index in [1.165, 1.54) is 6.92 Å². The molecule has 4 aliphatic carbocycles. The van der Waals surface area contributed by atoms with E-state index in [-0.39, 0.29) is 35.9 Å². The average molecular weight is 588 g/mol. The fourth-order valence-corrected chi connectivity index (χ4v) is 10.3. The van der Waals surface area contributed by atoms with Gasteiger partial charge in [0.1, 0.15) is 12.7 Å². The van der Waals surface area contributed by atoms with Crippen molar-refractivity contribution in [2.45, 2.75) is 127 Å². The highest BCUT2D eigenvalue weighted by molar-refractivity contribution is 5.85. The number of ether oxygens (including phenoxy) is 5. The van der Waals surface area contributed by atoms with Gasteiger partial charge >= 0.3 is 11.9 Å². The normalized spacial score (nSPS) is 50.0. The van der Waals surface area contributed by atoms with Crippen LogP contribution < -0.4 is 0 Å². The lowest BCUT2D eigenvalue weighted by molar-refractivity contribution is -0.288. The van der Waals surface area contributed by atoms with Gasteiger partial charge < -0.3 is 33.9 Å². The summed E-state index contributed by atoms with van der Waals surface area (Å²) in [4.78, 5) is 23.4. The first kappa shape index (κ1) is 30.0. The van der Waals surface area contributed by atoms with Gasteiger partial charge in [-0.05, 0) is 81.6 Å². The third-order valence-electron chi connectivity index (χ3n) is 12.3. The lowest BCUT2D eigenvalue weighted by Gasteiger charge is -2.64. The Bertz CT molecular complexity index is 1180. The van der Waals surface area contributed by atoms with Crippen molar-refractivity contribution < 1.29 is 43.5 Å². The van der Waals surface area contributed by atoms with Crippen molar-refractivity contribution in [3.05, 3.63) is 11.6 Å². The molecule has 9 unspecified atom stereocenters. The highest BCUT2D eigenvalue weighted by atomic mass is 16.7. The van der Waals surface area contributed by atoms with Crippen LogP contribution in [-0.2, 0) is 33.3 Å². The smallest absolute Gasteiger partial charge is 0.331 e. The Morgan fingerprint density at radius 1 is 1.12 bits per heavy atom. The average Bonchev–Trinajstić information content (AvgIpc) is 3.48. The number of carbonyl (C=O) groups is 2. The molecule has 2 heterocycles. The van der Waals surface area contributed by atoms with Gasteiger partial charge in [-0.2, -0.15) is 5.26 Å². The molecule has 6 aliphatic rings. The first-order valence-corrected chi connectivity index (χ1v) is 15.6. The number of fused-ring (bicyclic) bond motifs is 5. The monoisotopic (exact) mass is 587 g/mol. The van der Waals surface area contributed by atoms with Gasteiger partial charge in [0.15, 0.2) is 12.4 Å². The molecule has 0 amide bonds. The van der Waals surface area contributed by atoms with Crippen LogP contribution in [0.2, 0.25) is 0 Å². The van der Waals surface area contributed by atoms with Crippen LogP contribution in [0.15, 0.2) is 11.6 Å². The molecule has 1 saturated heterocycles. The predicted octanol–water partition coefficient (Wildman–Crippen LogP) is 3.33. The van der Waals surface area contributed by atoms with Gasteiger partial charge in [0.2, 0.25) is 0 Å². The number of hydrogen-bond donors (Lipinski definition) is 2. The largest absolute Gasteiger partial charge is 0.458 e.